The highest BCUT2D eigenvalue weighted by molar-refractivity contribution is 5.83. The highest BCUT2D eigenvalue weighted by atomic mass is 16.2. The van der Waals surface area contributed by atoms with Crippen molar-refractivity contribution in [2.75, 3.05) is 6.61 Å². The van der Waals surface area contributed by atoms with Gasteiger partial charge in [-0.3, -0.25) is 0 Å². The van der Waals surface area contributed by atoms with Gasteiger partial charge in [0.2, 0.25) is 0 Å². The number of aromatic nitrogens is 5. The minimum atomic E-state index is 0.256. The third kappa shape index (κ3) is 2.95. The second-order valence-electron chi connectivity index (χ2n) is 5.26. The van der Waals surface area contributed by atoms with Gasteiger partial charge >= 0.3 is 0 Å². The van der Waals surface area contributed by atoms with Crippen molar-refractivity contribution in [3.8, 4) is 0 Å². The van der Waals surface area contributed by atoms with Crippen molar-refractivity contribution in [2.45, 2.75) is 32.7 Å². The van der Waals surface area contributed by atoms with E-state index in [9.17, 15) is 0 Å². The number of aliphatic hydroxyl groups excluding tert-OH is 1. The molecule has 0 fully saturated rings. The van der Waals surface area contributed by atoms with Gasteiger partial charge in [0, 0.05) is 23.7 Å². The van der Waals surface area contributed by atoms with Crippen LogP contribution in [-0.2, 0) is 13.0 Å². The lowest BCUT2D eigenvalue weighted by molar-refractivity contribution is 0.284. The van der Waals surface area contributed by atoms with Crippen molar-refractivity contribution < 1.29 is 5.11 Å². The third-order valence-corrected chi connectivity index (χ3v) is 3.73. The number of aryl methyl sites for hydroxylation is 2. The standard InChI is InChI=1S/C15H19N5O/c1-11-17-18-19-20(11)10-12-5-6-15-14(8-12)13(9-16-15)4-2-3-7-21/h5-6,8-9,16,21H,2-4,7,10H2,1H3. The first kappa shape index (κ1) is 13.8. The Bertz CT molecular complexity index is 731. The summed E-state index contributed by atoms with van der Waals surface area (Å²) in [6, 6.07) is 6.39. The van der Waals surface area contributed by atoms with Crippen LogP contribution in [0.4, 0.5) is 0 Å². The van der Waals surface area contributed by atoms with Gasteiger partial charge in [-0.1, -0.05) is 6.07 Å². The number of aromatic amines is 1. The van der Waals surface area contributed by atoms with Crippen molar-refractivity contribution in [3.63, 3.8) is 0 Å². The molecule has 0 spiro atoms. The molecule has 0 bridgehead atoms. The summed E-state index contributed by atoms with van der Waals surface area (Å²) in [5.41, 5.74) is 3.63. The van der Waals surface area contributed by atoms with Crippen LogP contribution >= 0.6 is 0 Å². The smallest absolute Gasteiger partial charge is 0.148 e. The zero-order chi connectivity index (χ0) is 14.7. The van der Waals surface area contributed by atoms with Crippen LogP contribution in [0.2, 0.25) is 0 Å². The van der Waals surface area contributed by atoms with Gasteiger partial charge in [-0.25, -0.2) is 4.68 Å². The number of nitrogens with one attached hydrogen (secondary N) is 1. The molecule has 0 unspecified atom stereocenters. The summed E-state index contributed by atoms with van der Waals surface area (Å²) in [5, 5.41) is 21.7. The van der Waals surface area contributed by atoms with Crippen LogP contribution in [-0.4, -0.2) is 36.9 Å². The predicted molar refractivity (Wildman–Crippen MR) is 80.0 cm³/mol. The zero-order valence-electron chi connectivity index (χ0n) is 12.1. The van der Waals surface area contributed by atoms with Crippen LogP contribution in [0.15, 0.2) is 24.4 Å². The predicted octanol–water partition coefficient (Wildman–Crippen LogP) is 1.83. The molecule has 0 aliphatic rings. The zero-order valence-corrected chi connectivity index (χ0v) is 12.1. The van der Waals surface area contributed by atoms with Crippen LogP contribution in [0.1, 0.15) is 29.8 Å². The number of aliphatic hydroxyl groups is 1. The molecule has 1 aromatic carbocycles. The SMILES string of the molecule is Cc1nnnn1Cc1ccc2[nH]cc(CCCCO)c2c1. The number of H-pyrrole nitrogens is 1. The summed E-state index contributed by atoms with van der Waals surface area (Å²) in [6.45, 7) is 2.83. The summed E-state index contributed by atoms with van der Waals surface area (Å²) in [4.78, 5) is 3.30. The quantitative estimate of drug-likeness (QED) is 0.677. The Kier molecular flexibility index (Phi) is 3.96. The average molecular weight is 285 g/mol. The molecule has 0 aliphatic carbocycles. The fourth-order valence-electron chi connectivity index (χ4n) is 2.53. The lowest BCUT2D eigenvalue weighted by atomic mass is 10.0. The summed E-state index contributed by atoms with van der Waals surface area (Å²) >= 11 is 0. The van der Waals surface area contributed by atoms with E-state index in [2.05, 4.69) is 44.9 Å². The van der Waals surface area contributed by atoms with E-state index in [4.69, 9.17) is 5.11 Å². The monoisotopic (exact) mass is 285 g/mol. The van der Waals surface area contributed by atoms with E-state index in [1.807, 2.05) is 6.92 Å². The molecular weight excluding hydrogens is 266 g/mol. The molecule has 3 aromatic rings. The topological polar surface area (TPSA) is 79.6 Å². The maximum atomic E-state index is 8.89. The second kappa shape index (κ2) is 6.05. The highest BCUT2D eigenvalue weighted by Crippen LogP contribution is 2.22. The molecule has 0 radical (unpaired) electrons. The number of unbranched alkanes of at least 4 members (excludes halogenated alkanes) is 1. The van der Waals surface area contributed by atoms with E-state index in [1.54, 1.807) is 4.68 Å². The fraction of sp³-hybridized carbons (Fsp3) is 0.400. The molecule has 0 saturated carbocycles. The first-order valence-electron chi connectivity index (χ1n) is 7.20. The van der Waals surface area contributed by atoms with E-state index in [0.717, 1.165) is 30.6 Å². The second-order valence-corrected chi connectivity index (χ2v) is 5.26. The first-order valence-corrected chi connectivity index (χ1v) is 7.20. The van der Waals surface area contributed by atoms with E-state index in [0.29, 0.717) is 6.54 Å². The summed E-state index contributed by atoms with van der Waals surface area (Å²) in [6.07, 6.45) is 4.89. The minimum Gasteiger partial charge on any atom is -0.396 e. The van der Waals surface area contributed by atoms with Crippen molar-refractivity contribution in [2.24, 2.45) is 0 Å². The minimum absolute atomic E-state index is 0.256. The van der Waals surface area contributed by atoms with E-state index in [-0.39, 0.29) is 6.61 Å². The Hall–Kier alpha value is -2.21. The van der Waals surface area contributed by atoms with Gasteiger partial charge in [0.25, 0.3) is 0 Å². The Morgan fingerprint density at radius 2 is 2.19 bits per heavy atom. The van der Waals surface area contributed by atoms with Gasteiger partial charge in [0.1, 0.15) is 5.82 Å². The van der Waals surface area contributed by atoms with Crippen LogP contribution in [0.25, 0.3) is 10.9 Å². The molecule has 2 N–H and O–H groups in total. The van der Waals surface area contributed by atoms with Crippen molar-refractivity contribution >= 4 is 10.9 Å². The molecule has 0 saturated heterocycles. The largest absolute Gasteiger partial charge is 0.396 e. The lowest BCUT2D eigenvalue weighted by Crippen LogP contribution is -2.04. The number of tetrazole rings is 1. The number of fused-ring (bicyclic) bond motifs is 1. The van der Waals surface area contributed by atoms with Gasteiger partial charge in [-0.05, 0) is 59.9 Å². The van der Waals surface area contributed by atoms with Gasteiger partial charge in [-0.15, -0.1) is 5.10 Å². The number of nitrogens with zero attached hydrogens (tertiary/aromatic N) is 4. The maximum absolute atomic E-state index is 8.89. The molecule has 6 heteroatoms. The van der Waals surface area contributed by atoms with Gasteiger partial charge < -0.3 is 10.1 Å². The number of hydrogen-bond acceptors (Lipinski definition) is 4. The average Bonchev–Trinajstić information content (AvgIpc) is 3.07. The van der Waals surface area contributed by atoms with Gasteiger partial charge in [-0.2, -0.15) is 0 Å². The lowest BCUT2D eigenvalue weighted by Gasteiger charge is -2.04. The van der Waals surface area contributed by atoms with E-state index < -0.39 is 0 Å². The van der Waals surface area contributed by atoms with Crippen LogP contribution in [0.5, 0.6) is 0 Å². The summed E-state index contributed by atoms with van der Waals surface area (Å²) < 4.78 is 1.79. The van der Waals surface area contributed by atoms with E-state index >= 15 is 0 Å². The van der Waals surface area contributed by atoms with Gasteiger partial charge in [0.15, 0.2) is 0 Å². The number of rotatable bonds is 6. The Balaban J connectivity index is 1.84. The van der Waals surface area contributed by atoms with Crippen LogP contribution < -0.4 is 0 Å². The van der Waals surface area contributed by atoms with Crippen molar-refractivity contribution in [1.29, 1.82) is 0 Å². The molecule has 0 atom stereocenters. The fourth-order valence-corrected chi connectivity index (χ4v) is 2.53. The summed E-state index contributed by atoms with van der Waals surface area (Å²) in [5.74, 6) is 0.812. The molecule has 21 heavy (non-hydrogen) atoms. The third-order valence-electron chi connectivity index (χ3n) is 3.73. The molecule has 0 amide bonds. The Morgan fingerprint density at radius 3 is 2.95 bits per heavy atom. The van der Waals surface area contributed by atoms with Crippen molar-refractivity contribution in [1.82, 2.24) is 25.2 Å². The van der Waals surface area contributed by atoms with E-state index in [1.165, 1.54) is 16.5 Å². The first-order chi connectivity index (χ1) is 10.3. The highest BCUT2D eigenvalue weighted by Gasteiger charge is 2.07. The molecule has 6 nitrogen and oxygen atoms in total. The van der Waals surface area contributed by atoms with Crippen molar-refractivity contribution in [3.05, 3.63) is 41.3 Å². The Morgan fingerprint density at radius 1 is 1.29 bits per heavy atom. The molecule has 2 heterocycles. The maximum Gasteiger partial charge on any atom is 0.148 e. The number of benzene rings is 1. The molecular formula is C15H19N5O. The van der Waals surface area contributed by atoms with Gasteiger partial charge in [0.05, 0.1) is 6.54 Å². The molecule has 110 valence electrons. The molecule has 0 aliphatic heterocycles. The molecule has 3 rings (SSSR count). The summed E-state index contributed by atoms with van der Waals surface area (Å²) in [7, 11) is 0. The van der Waals surface area contributed by atoms with Crippen LogP contribution in [0.3, 0.4) is 0 Å². The molecule has 2 aromatic heterocycles. The van der Waals surface area contributed by atoms with Crippen LogP contribution in [0, 0.1) is 6.92 Å². The Labute approximate surface area is 122 Å². The number of hydrogen-bond donors (Lipinski definition) is 2. The normalized spacial score (nSPS) is 11.3.